The van der Waals surface area contributed by atoms with Gasteiger partial charge in [0.05, 0.1) is 0 Å². The van der Waals surface area contributed by atoms with Crippen LogP contribution in [0.1, 0.15) is 0 Å². The fraction of sp³-hybridized carbons (Fsp3) is 0.667. The topological polar surface area (TPSA) is 87.7 Å². The minimum atomic E-state index is -3.29. The molecule has 0 spiro atoms. The average Bonchev–Trinajstić information content (AvgIpc) is 2.18. The number of halogens is 3. The van der Waals surface area contributed by atoms with Gasteiger partial charge in [0.1, 0.15) is 0 Å². The third-order valence-electron chi connectivity index (χ3n) is 0.836. The third-order valence-corrected chi connectivity index (χ3v) is 0.836. The van der Waals surface area contributed by atoms with Gasteiger partial charge in [-0.3, -0.25) is 0 Å². The lowest BCUT2D eigenvalue weighted by Crippen LogP contribution is -2.27. The van der Waals surface area contributed by atoms with Crippen LogP contribution in [0.3, 0.4) is 0 Å². The molecule has 0 aliphatic rings. The van der Waals surface area contributed by atoms with Gasteiger partial charge >= 0.3 is 25.0 Å². The smallest absolute Gasteiger partial charge is 0.409 e. The van der Waals surface area contributed by atoms with Gasteiger partial charge in [0.25, 0.3) is 0 Å². The van der Waals surface area contributed by atoms with Crippen LogP contribution < -0.4 is 10.6 Å². The Bertz CT molecular complexity index is 203. The van der Waals surface area contributed by atoms with Gasteiger partial charge in [0.15, 0.2) is 0 Å². The summed E-state index contributed by atoms with van der Waals surface area (Å²) in [6, 6.07) is 0. The molecule has 0 saturated heterocycles. The van der Waals surface area contributed by atoms with Crippen LogP contribution in [0.25, 0.3) is 0 Å². The number of hydrogen-bond acceptors (Lipinski definition) is 3. The van der Waals surface area contributed by atoms with Crippen molar-refractivity contribution in [2.75, 3.05) is 14.1 Å². The van der Waals surface area contributed by atoms with E-state index >= 15 is 0 Å². The Balaban J connectivity index is 0. The molecule has 0 aliphatic carbocycles. The third kappa shape index (κ3) is 12.3. The summed E-state index contributed by atoms with van der Waals surface area (Å²) < 4.78 is 37.7. The second-order valence-electron chi connectivity index (χ2n) is 1.90. The SMILES string of the molecule is CNC(=O)O.CNC(=O)OC(F)C(F)F. The van der Waals surface area contributed by atoms with E-state index in [4.69, 9.17) is 5.11 Å². The van der Waals surface area contributed by atoms with Crippen molar-refractivity contribution >= 4 is 12.2 Å². The van der Waals surface area contributed by atoms with Gasteiger partial charge in [-0.2, -0.15) is 4.39 Å². The highest BCUT2D eigenvalue weighted by Gasteiger charge is 2.22. The summed E-state index contributed by atoms with van der Waals surface area (Å²) in [6.45, 7) is 0. The average molecular weight is 232 g/mol. The number of alkyl carbamates (subject to hydrolysis) is 1. The molecule has 9 heteroatoms. The molecule has 3 N–H and O–H groups in total. The Hall–Kier alpha value is -1.67. The van der Waals surface area contributed by atoms with Crippen molar-refractivity contribution in [1.82, 2.24) is 10.6 Å². The molecule has 1 atom stereocenters. The van der Waals surface area contributed by atoms with Crippen molar-refractivity contribution in [3.8, 4) is 0 Å². The molecule has 2 amide bonds. The molecule has 0 radical (unpaired) electrons. The summed E-state index contributed by atoms with van der Waals surface area (Å²) in [7, 11) is 2.49. The first-order valence-corrected chi connectivity index (χ1v) is 3.56. The summed E-state index contributed by atoms with van der Waals surface area (Å²) >= 11 is 0. The van der Waals surface area contributed by atoms with Gasteiger partial charge < -0.3 is 20.5 Å². The van der Waals surface area contributed by atoms with Crippen LogP contribution in [0.2, 0.25) is 0 Å². The van der Waals surface area contributed by atoms with Crippen LogP contribution in [0.15, 0.2) is 0 Å². The number of rotatable bonds is 2. The van der Waals surface area contributed by atoms with Crippen molar-refractivity contribution in [3.05, 3.63) is 0 Å². The lowest BCUT2D eigenvalue weighted by atomic mass is 10.7. The van der Waals surface area contributed by atoms with E-state index in [0.717, 1.165) is 7.05 Å². The number of nitrogens with one attached hydrogen (secondary N) is 2. The lowest BCUT2D eigenvalue weighted by Gasteiger charge is -2.06. The molecule has 15 heavy (non-hydrogen) atoms. The van der Waals surface area contributed by atoms with Crippen LogP contribution in [-0.2, 0) is 4.74 Å². The molecule has 0 aromatic heterocycles. The zero-order chi connectivity index (χ0) is 12.4. The number of carbonyl (C=O) groups is 2. The molecule has 0 saturated carbocycles. The second-order valence-corrected chi connectivity index (χ2v) is 1.90. The largest absolute Gasteiger partial charge is 0.465 e. The van der Waals surface area contributed by atoms with Gasteiger partial charge in [-0.05, 0) is 0 Å². The van der Waals surface area contributed by atoms with Crippen LogP contribution >= 0.6 is 0 Å². The zero-order valence-electron chi connectivity index (χ0n) is 7.96. The summed E-state index contributed by atoms with van der Waals surface area (Å²) in [6.07, 6.45) is -8.35. The maximum absolute atomic E-state index is 11.7. The molecule has 0 aromatic rings. The Labute approximate surface area is 83.4 Å². The standard InChI is InChI=1S/C4H6F3NO2.C2H5NO2/c1-8-4(9)10-3(7)2(5)6;1-3-2(4)5/h2-3H,1H3,(H,8,9);3H,1H3,(H,4,5). The molecule has 90 valence electrons. The summed E-state index contributed by atoms with van der Waals surface area (Å²) in [5.74, 6) is 0. The predicted octanol–water partition coefficient (Wildman–Crippen LogP) is 0.787. The summed E-state index contributed by atoms with van der Waals surface area (Å²) in [5, 5.41) is 11.4. The van der Waals surface area contributed by atoms with Crippen molar-refractivity contribution < 1.29 is 32.6 Å². The van der Waals surface area contributed by atoms with Gasteiger partial charge in [-0.1, -0.05) is 0 Å². The number of ether oxygens (including phenoxy) is 1. The van der Waals surface area contributed by atoms with Gasteiger partial charge in [0.2, 0.25) is 0 Å². The highest BCUT2D eigenvalue weighted by Crippen LogP contribution is 2.06. The van der Waals surface area contributed by atoms with E-state index in [1.54, 1.807) is 0 Å². The van der Waals surface area contributed by atoms with E-state index in [-0.39, 0.29) is 0 Å². The maximum atomic E-state index is 11.7. The highest BCUT2D eigenvalue weighted by molar-refractivity contribution is 5.66. The van der Waals surface area contributed by atoms with E-state index in [1.807, 2.05) is 10.6 Å². The van der Waals surface area contributed by atoms with Gasteiger partial charge in [0, 0.05) is 14.1 Å². The van der Waals surface area contributed by atoms with Crippen LogP contribution in [0.5, 0.6) is 0 Å². The first kappa shape index (κ1) is 15.8. The van der Waals surface area contributed by atoms with Crippen molar-refractivity contribution in [1.29, 1.82) is 0 Å². The number of alkyl halides is 3. The Morgan fingerprint density at radius 3 is 1.80 bits per heavy atom. The normalized spacial score (nSPS) is 10.8. The fourth-order valence-electron chi connectivity index (χ4n) is 0.213. The monoisotopic (exact) mass is 232 g/mol. The molecule has 6 nitrogen and oxygen atoms in total. The molecule has 1 unspecified atom stereocenters. The lowest BCUT2D eigenvalue weighted by molar-refractivity contribution is -0.0898. The second kappa shape index (κ2) is 8.91. The molecular formula is C6H11F3N2O4. The molecule has 0 bridgehead atoms. The molecule has 0 heterocycles. The minimum absolute atomic E-state index is 0.995. The van der Waals surface area contributed by atoms with Crippen molar-refractivity contribution in [2.24, 2.45) is 0 Å². The summed E-state index contributed by atoms with van der Waals surface area (Å²) in [5.41, 5.74) is 0. The van der Waals surface area contributed by atoms with E-state index in [2.05, 4.69) is 4.74 Å². The predicted molar refractivity (Wildman–Crippen MR) is 43.5 cm³/mol. The van der Waals surface area contributed by atoms with Crippen molar-refractivity contribution in [2.45, 2.75) is 12.8 Å². The zero-order valence-corrected chi connectivity index (χ0v) is 7.96. The first-order chi connectivity index (χ1) is 6.84. The Morgan fingerprint density at radius 1 is 1.20 bits per heavy atom. The van der Waals surface area contributed by atoms with E-state index in [1.165, 1.54) is 7.05 Å². The molecule has 0 aliphatic heterocycles. The van der Waals surface area contributed by atoms with Crippen LogP contribution in [0, 0.1) is 0 Å². The number of carbonyl (C=O) groups excluding carboxylic acids is 1. The van der Waals surface area contributed by atoms with E-state index in [0.29, 0.717) is 0 Å². The quantitative estimate of drug-likeness (QED) is 0.656. The molecule has 0 aromatic carbocycles. The van der Waals surface area contributed by atoms with E-state index in [9.17, 15) is 22.8 Å². The van der Waals surface area contributed by atoms with Crippen LogP contribution in [-0.4, -0.2) is 44.2 Å². The van der Waals surface area contributed by atoms with Crippen molar-refractivity contribution in [3.63, 3.8) is 0 Å². The first-order valence-electron chi connectivity index (χ1n) is 3.56. The Kier molecular flexibility index (Phi) is 9.37. The number of carboxylic acid groups (broad SMARTS) is 1. The van der Waals surface area contributed by atoms with E-state index < -0.39 is 25.0 Å². The number of hydrogen-bond donors (Lipinski definition) is 3. The fourth-order valence-corrected chi connectivity index (χ4v) is 0.213. The Morgan fingerprint density at radius 2 is 1.60 bits per heavy atom. The highest BCUT2D eigenvalue weighted by atomic mass is 19.3. The van der Waals surface area contributed by atoms with Gasteiger partial charge in [-0.15, -0.1) is 0 Å². The van der Waals surface area contributed by atoms with Crippen LogP contribution in [0.4, 0.5) is 22.8 Å². The van der Waals surface area contributed by atoms with Gasteiger partial charge in [-0.25, -0.2) is 18.4 Å². The number of amides is 2. The molecule has 0 rings (SSSR count). The molecule has 0 fully saturated rings. The summed E-state index contributed by atoms with van der Waals surface area (Å²) in [4.78, 5) is 19.3. The maximum Gasteiger partial charge on any atom is 0.409 e. The minimum Gasteiger partial charge on any atom is -0.465 e. The molecular weight excluding hydrogens is 221 g/mol.